The molecule has 0 amide bonds. The molecule has 0 saturated heterocycles. The Morgan fingerprint density at radius 1 is 1.00 bits per heavy atom. The van der Waals surface area contributed by atoms with Crippen molar-refractivity contribution < 1.29 is 31.3 Å². The molecule has 0 saturated carbocycles. The molecule has 0 bridgehead atoms. The van der Waals surface area contributed by atoms with E-state index >= 15 is 0 Å². The van der Waals surface area contributed by atoms with Crippen molar-refractivity contribution in [3.8, 4) is 0 Å². The first kappa shape index (κ1) is 17.2. The van der Waals surface area contributed by atoms with Gasteiger partial charge in [-0.2, -0.15) is 17.2 Å². The van der Waals surface area contributed by atoms with Crippen molar-refractivity contribution in [1.82, 2.24) is 0 Å². The third-order valence-electron chi connectivity index (χ3n) is 3.77. The monoisotopic (exact) mass is 366 g/mol. The summed E-state index contributed by atoms with van der Waals surface area (Å²) >= 11 is 0. The van der Waals surface area contributed by atoms with Crippen LogP contribution in [0.1, 0.15) is 5.56 Å². The summed E-state index contributed by atoms with van der Waals surface area (Å²) in [5, 5.41) is -1.73. The highest BCUT2D eigenvalue weighted by molar-refractivity contribution is 7.87. The highest BCUT2D eigenvalue weighted by atomic mass is 32.2. The number of carbonyl (C=O) groups is 1. The summed E-state index contributed by atoms with van der Waals surface area (Å²) in [6.45, 7) is -0.560. The molecule has 0 radical (unpaired) electrons. The van der Waals surface area contributed by atoms with Crippen LogP contribution >= 0.6 is 0 Å². The molecule has 0 aliphatic carbocycles. The molecule has 130 valence electrons. The van der Waals surface area contributed by atoms with E-state index in [0.717, 1.165) is 16.2 Å². The van der Waals surface area contributed by atoms with Crippen LogP contribution in [0, 0.1) is 0 Å². The number of rotatable bonds is 4. The molecule has 0 spiro atoms. The van der Waals surface area contributed by atoms with E-state index in [-0.39, 0.29) is 0 Å². The van der Waals surface area contributed by atoms with E-state index in [1.165, 1.54) is 0 Å². The summed E-state index contributed by atoms with van der Waals surface area (Å²) in [5.41, 5.74) is 0.439. The quantitative estimate of drug-likeness (QED) is 0.434. The molecule has 1 N–H and O–H groups in total. The van der Waals surface area contributed by atoms with Crippen LogP contribution in [0.25, 0.3) is 21.5 Å². The Labute approximate surface area is 141 Å². The predicted molar refractivity (Wildman–Crippen MR) is 87.7 cm³/mol. The molecule has 0 unspecified atom stereocenters. The molecule has 0 aromatic heterocycles. The Morgan fingerprint density at radius 3 is 2.20 bits per heavy atom. The number of hydrogen-bond donors (Lipinski definition) is 1. The lowest BCUT2D eigenvalue weighted by molar-refractivity contribution is -0.162. The summed E-state index contributed by atoms with van der Waals surface area (Å²) < 4.78 is 60.7. The lowest BCUT2D eigenvalue weighted by Gasteiger charge is -2.14. The van der Waals surface area contributed by atoms with E-state index in [0.29, 0.717) is 10.9 Å². The number of alkyl halides is 2. The fourth-order valence-electron chi connectivity index (χ4n) is 2.58. The van der Waals surface area contributed by atoms with Crippen molar-refractivity contribution in [2.75, 3.05) is 0 Å². The highest BCUT2D eigenvalue weighted by Crippen LogP contribution is 2.30. The van der Waals surface area contributed by atoms with Gasteiger partial charge in [0.05, 0.1) is 0 Å². The van der Waals surface area contributed by atoms with Gasteiger partial charge in [0, 0.05) is 0 Å². The van der Waals surface area contributed by atoms with E-state index in [1.54, 1.807) is 24.3 Å². The van der Waals surface area contributed by atoms with Gasteiger partial charge in [-0.05, 0) is 33.2 Å². The molecular formula is C17H12F2O5S. The van der Waals surface area contributed by atoms with Crippen molar-refractivity contribution in [2.45, 2.75) is 11.9 Å². The first-order chi connectivity index (χ1) is 11.7. The molecular weight excluding hydrogens is 354 g/mol. The largest absolute Gasteiger partial charge is 0.465 e. The fraction of sp³-hybridized carbons (Fsp3) is 0.118. The summed E-state index contributed by atoms with van der Waals surface area (Å²) in [4.78, 5) is 11.4. The van der Waals surface area contributed by atoms with Gasteiger partial charge in [-0.3, -0.25) is 4.55 Å². The van der Waals surface area contributed by atoms with E-state index in [1.807, 2.05) is 30.3 Å². The van der Waals surface area contributed by atoms with Gasteiger partial charge in [-0.1, -0.05) is 48.5 Å². The molecule has 5 nitrogen and oxygen atoms in total. The molecule has 3 rings (SSSR count). The Morgan fingerprint density at radius 2 is 1.56 bits per heavy atom. The maximum atomic E-state index is 13.3. The van der Waals surface area contributed by atoms with Crippen molar-refractivity contribution >= 4 is 37.6 Å². The van der Waals surface area contributed by atoms with Crippen molar-refractivity contribution in [1.29, 1.82) is 0 Å². The second kappa shape index (κ2) is 6.05. The molecule has 0 fully saturated rings. The average Bonchev–Trinajstić information content (AvgIpc) is 2.58. The van der Waals surface area contributed by atoms with Gasteiger partial charge in [0.2, 0.25) is 0 Å². The zero-order chi connectivity index (χ0) is 18.2. The molecule has 0 atom stereocenters. The number of ether oxygens (including phenoxy) is 1. The van der Waals surface area contributed by atoms with Crippen LogP contribution < -0.4 is 0 Å². The molecule has 0 aliphatic rings. The molecule has 25 heavy (non-hydrogen) atoms. The van der Waals surface area contributed by atoms with E-state index in [2.05, 4.69) is 4.74 Å². The third kappa shape index (κ3) is 3.06. The number of hydrogen-bond acceptors (Lipinski definition) is 4. The van der Waals surface area contributed by atoms with Gasteiger partial charge in [0.1, 0.15) is 6.61 Å². The summed E-state index contributed by atoms with van der Waals surface area (Å²) in [6, 6.07) is 16.2. The molecule has 8 heteroatoms. The number of halogens is 2. The van der Waals surface area contributed by atoms with Crippen molar-refractivity contribution in [3.05, 3.63) is 60.2 Å². The van der Waals surface area contributed by atoms with Gasteiger partial charge >= 0.3 is 21.3 Å². The van der Waals surface area contributed by atoms with Gasteiger partial charge in [-0.25, -0.2) is 4.79 Å². The zero-order valence-corrected chi connectivity index (χ0v) is 13.5. The van der Waals surface area contributed by atoms with Crippen LogP contribution in [0.4, 0.5) is 8.78 Å². The van der Waals surface area contributed by atoms with Gasteiger partial charge in [0.15, 0.2) is 0 Å². The molecule has 0 heterocycles. The van der Waals surface area contributed by atoms with Crippen LogP contribution in [0.2, 0.25) is 0 Å². The van der Waals surface area contributed by atoms with Crippen molar-refractivity contribution in [3.63, 3.8) is 0 Å². The zero-order valence-electron chi connectivity index (χ0n) is 12.6. The smallest absolute Gasteiger partial charge is 0.455 e. The molecule has 3 aromatic carbocycles. The maximum absolute atomic E-state index is 13.3. The number of fused-ring (bicyclic) bond motifs is 3. The van der Waals surface area contributed by atoms with E-state index < -0.39 is 27.9 Å². The second-order valence-corrected chi connectivity index (χ2v) is 6.83. The Kier molecular flexibility index (Phi) is 4.18. The second-order valence-electron chi connectivity index (χ2n) is 5.37. The average molecular weight is 366 g/mol. The minimum atomic E-state index is -5.89. The van der Waals surface area contributed by atoms with Gasteiger partial charge in [-0.15, -0.1) is 0 Å². The van der Waals surface area contributed by atoms with Crippen LogP contribution in [-0.4, -0.2) is 24.2 Å². The number of carbonyl (C=O) groups excluding carboxylic acids is 1. The van der Waals surface area contributed by atoms with Crippen LogP contribution in [-0.2, 0) is 26.3 Å². The van der Waals surface area contributed by atoms with Gasteiger partial charge < -0.3 is 4.74 Å². The minimum Gasteiger partial charge on any atom is -0.455 e. The minimum absolute atomic E-state index is 0.439. The van der Waals surface area contributed by atoms with Gasteiger partial charge in [0.25, 0.3) is 0 Å². The highest BCUT2D eigenvalue weighted by Gasteiger charge is 2.54. The van der Waals surface area contributed by atoms with Crippen LogP contribution in [0.5, 0.6) is 0 Å². The summed E-state index contributed by atoms with van der Waals surface area (Å²) in [6.07, 6.45) is 0. The van der Waals surface area contributed by atoms with Crippen LogP contribution in [0.15, 0.2) is 54.6 Å². The summed E-state index contributed by atoms with van der Waals surface area (Å²) in [7, 11) is -5.89. The van der Waals surface area contributed by atoms with Crippen LogP contribution in [0.3, 0.4) is 0 Å². The van der Waals surface area contributed by atoms with E-state index in [4.69, 9.17) is 4.55 Å². The Hall–Kier alpha value is -2.58. The van der Waals surface area contributed by atoms with Crippen molar-refractivity contribution in [2.24, 2.45) is 0 Å². The predicted octanol–water partition coefficient (Wildman–Crippen LogP) is 3.52. The number of benzene rings is 3. The summed E-state index contributed by atoms with van der Waals surface area (Å²) in [5.74, 6) is -2.33. The Balaban J connectivity index is 2.00. The first-order valence-corrected chi connectivity index (χ1v) is 8.57. The molecule has 0 aliphatic heterocycles. The third-order valence-corrected chi connectivity index (χ3v) is 4.59. The molecule has 3 aromatic rings. The lowest BCUT2D eigenvalue weighted by Crippen LogP contribution is -2.38. The topological polar surface area (TPSA) is 80.7 Å². The normalized spacial score (nSPS) is 12.4. The van der Waals surface area contributed by atoms with E-state index in [9.17, 15) is 22.0 Å². The number of esters is 1. The lowest BCUT2D eigenvalue weighted by atomic mass is 9.98. The fourth-order valence-corrected chi connectivity index (χ4v) is 2.85. The Bertz CT molecular complexity index is 1080. The standard InChI is InChI=1S/C17H12F2O5S/c18-17(19,25(21,22)23)16(20)24-10-12-9-11-5-1-2-6-13(11)15-8-4-3-7-14(12)15/h1-9H,10H2,(H,21,22,23). The first-order valence-electron chi connectivity index (χ1n) is 7.13. The SMILES string of the molecule is O=C(OCc1cc2ccccc2c2ccccc12)C(F)(F)S(=O)(=O)O. The maximum Gasteiger partial charge on any atom is 0.465 e.